The zero-order chi connectivity index (χ0) is 13.1. The van der Waals surface area contributed by atoms with Gasteiger partial charge in [-0.15, -0.1) is 0 Å². The van der Waals surface area contributed by atoms with Crippen LogP contribution < -0.4 is 5.32 Å². The number of anilines is 1. The lowest BCUT2D eigenvalue weighted by molar-refractivity contribution is 0.0528. The minimum Gasteiger partial charge on any atom is -0.462 e. The maximum atomic E-state index is 11.7. The number of esters is 1. The summed E-state index contributed by atoms with van der Waals surface area (Å²) in [5.41, 5.74) is 0.844. The first-order valence-electron chi connectivity index (χ1n) is 5.62. The molecular formula is C11H13BrN4O2. The van der Waals surface area contributed by atoms with Crippen molar-refractivity contribution in [1.82, 2.24) is 14.6 Å². The molecule has 0 spiro atoms. The average Bonchev–Trinajstić information content (AvgIpc) is 2.73. The van der Waals surface area contributed by atoms with Gasteiger partial charge in [0, 0.05) is 12.7 Å². The van der Waals surface area contributed by atoms with Gasteiger partial charge >= 0.3 is 5.97 Å². The van der Waals surface area contributed by atoms with Crippen LogP contribution in [0.3, 0.4) is 0 Å². The molecule has 0 aliphatic heterocycles. The van der Waals surface area contributed by atoms with Crippen LogP contribution in [0.15, 0.2) is 16.9 Å². The zero-order valence-corrected chi connectivity index (χ0v) is 11.7. The molecule has 6 nitrogen and oxygen atoms in total. The van der Waals surface area contributed by atoms with Crippen LogP contribution in [0.1, 0.15) is 24.2 Å². The van der Waals surface area contributed by atoms with Crippen LogP contribution in [0.5, 0.6) is 0 Å². The molecule has 18 heavy (non-hydrogen) atoms. The third-order valence-electron chi connectivity index (χ3n) is 2.29. The maximum absolute atomic E-state index is 11.7. The molecule has 0 amide bonds. The molecule has 7 heteroatoms. The van der Waals surface area contributed by atoms with Gasteiger partial charge < -0.3 is 10.1 Å². The van der Waals surface area contributed by atoms with E-state index in [2.05, 4.69) is 31.3 Å². The van der Waals surface area contributed by atoms with Gasteiger partial charge in [0.1, 0.15) is 11.4 Å². The minimum absolute atomic E-state index is 0.326. The molecule has 0 saturated heterocycles. The molecule has 0 fully saturated rings. The number of nitrogens with one attached hydrogen (secondary N) is 1. The summed E-state index contributed by atoms with van der Waals surface area (Å²) in [7, 11) is 0. The van der Waals surface area contributed by atoms with Gasteiger partial charge in [-0.3, -0.25) is 0 Å². The van der Waals surface area contributed by atoms with E-state index < -0.39 is 5.97 Å². The normalized spacial score (nSPS) is 10.6. The van der Waals surface area contributed by atoms with Gasteiger partial charge in [-0.05, 0) is 29.8 Å². The van der Waals surface area contributed by atoms with E-state index in [1.807, 2.05) is 6.92 Å². The van der Waals surface area contributed by atoms with E-state index in [0.717, 1.165) is 11.0 Å². The van der Waals surface area contributed by atoms with E-state index in [9.17, 15) is 4.79 Å². The number of hydrogen-bond acceptors (Lipinski definition) is 5. The van der Waals surface area contributed by atoms with E-state index >= 15 is 0 Å². The first kappa shape index (κ1) is 12.8. The molecule has 0 unspecified atom stereocenters. The molecule has 0 aromatic carbocycles. The summed E-state index contributed by atoms with van der Waals surface area (Å²) in [6.07, 6.45) is 3.21. The van der Waals surface area contributed by atoms with Gasteiger partial charge in [0.05, 0.1) is 17.3 Å². The minimum atomic E-state index is -0.412. The van der Waals surface area contributed by atoms with Gasteiger partial charge in [-0.2, -0.15) is 5.10 Å². The standard InChI is InChI=1S/C11H13BrN4O2/c1-3-13-9-8(12)6-16-10(15-9)7(5-14-16)11(17)18-4-2/h5-6H,3-4H2,1-2H3,(H,13,15). The fraction of sp³-hybridized carbons (Fsp3) is 0.364. The summed E-state index contributed by atoms with van der Waals surface area (Å²) in [6.45, 7) is 4.80. The highest BCUT2D eigenvalue weighted by Crippen LogP contribution is 2.22. The van der Waals surface area contributed by atoms with E-state index in [1.54, 1.807) is 13.1 Å². The first-order valence-corrected chi connectivity index (χ1v) is 6.41. The van der Waals surface area contributed by atoms with Crippen molar-refractivity contribution in [3.63, 3.8) is 0 Å². The molecule has 2 rings (SSSR count). The van der Waals surface area contributed by atoms with Crippen LogP contribution >= 0.6 is 15.9 Å². The Morgan fingerprint density at radius 3 is 3.00 bits per heavy atom. The largest absolute Gasteiger partial charge is 0.462 e. The Kier molecular flexibility index (Phi) is 3.81. The van der Waals surface area contributed by atoms with Crippen molar-refractivity contribution in [3.8, 4) is 0 Å². The highest BCUT2D eigenvalue weighted by atomic mass is 79.9. The Morgan fingerprint density at radius 1 is 1.56 bits per heavy atom. The van der Waals surface area contributed by atoms with Gasteiger partial charge in [0.25, 0.3) is 0 Å². The Balaban J connectivity index is 2.50. The zero-order valence-electron chi connectivity index (χ0n) is 10.1. The van der Waals surface area contributed by atoms with Gasteiger partial charge in [-0.25, -0.2) is 14.3 Å². The monoisotopic (exact) mass is 312 g/mol. The number of halogens is 1. The van der Waals surface area contributed by atoms with Crippen LogP contribution in [0, 0.1) is 0 Å². The second-order valence-electron chi connectivity index (χ2n) is 3.51. The van der Waals surface area contributed by atoms with E-state index in [4.69, 9.17) is 4.74 Å². The lowest BCUT2D eigenvalue weighted by atomic mass is 10.3. The molecular weight excluding hydrogens is 300 g/mol. The summed E-state index contributed by atoms with van der Waals surface area (Å²) >= 11 is 3.39. The SMILES string of the molecule is CCNc1nc2c(C(=O)OCC)cnn2cc1Br. The van der Waals surface area contributed by atoms with E-state index in [-0.39, 0.29) is 0 Å². The third kappa shape index (κ3) is 2.31. The quantitative estimate of drug-likeness (QED) is 0.876. The summed E-state index contributed by atoms with van der Waals surface area (Å²) in [6, 6.07) is 0. The molecule has 0 bridgehead atoms. The van der Waals surface area contributed by atoms with Crippen LogP contribution in [-0.4, -0.2) is 33.7 Å². The fourth-order valence-corrected chi connectivity index (χ4v) is 1.96. The third-order valence-corrected chi connectivity index (χ3v) is 2.87. The summed E-state index contributed by atoms with van der Waals surface area (Å²) < 4.78 is 7.29. The molecule has 0 aliphatic rings. The summed E-state index contributed by atoms with van der Waals surface area (Å²) in [5.74, 6) is 0.265. The van der Waals surface area contributed by atoms with Crippen molar-refractivity contribution in [2.24, 2.45) is 0 Å². The van der Waals surface area contributed by atoms with Crippen molar-refractivity contribution in [3.05, 3.63) is 22.4 Å². The second-order valence-corrected chi connectivity index (χ2v) is 4.37. The number of hydrogen-bond donors (Lipinski definition) is 1. The lowest BCUT2D eigenvalue weighted by Gasteiger charge is -2.06. The van der Waals surface area contributed by atoms with Gasteiger partial charge in [0.2, 0.25) is 0 Å². The Hall–Kier alpha value is -1.63. The number of ether oxygens (including phenoxy) is 1. The topological polar surface area (TPSA) is 68.5 Å². The number of nitrogens with zero attached hydrogens (tertiary/aromatic N) is 3. The van der Waals surface area contributed by atoms with Crippen molar-refractivity contribution in [1.29, 1.82) is 0 Å². The smallest absolute Gasteiger partial charge is 0.343 e. The molecule has 0 radical (unpaired) electrons. The Bertz CT molecular complexity index is 582. The van der Waals surface area contributed by atoms with Crippen molar-refractivity contribution < 1.29 is 9.53 Å². The number of aromatic nitrogens is 3. The summed E-state index contributed by atoms with van der Waals surface area (Å²) in [5, 5.41) is 7.18. The van der Waals surface area contributed by atoms with Crippen molar-refractivity contribution in [2.45, 2.75) is 13.8 Å². The van der Waals surface area contributed by atoms with Gasteiger partial charge in [-0.1, -0.05) is 0 Å². The molecule has 2 heterocycles. The highest BCUT2D eigenvalue weighted by Gasteiger charge is 2.16. The molecule has 96 valence electrons. The number of carbonyl (C=O) groups excluding carboxylic acids is 1. The molecule has 2 aromatic rings. The predicted octanol–water partition coefficient (Wildman–Crippen LogP) is 2.10. The molecule has 0 atom stereocenters. The maximum Gasteiger partial charge on any atom is 0.343 e. The van der Waals surface area contributed by atoms with Crippen molar-refractivity contribution >= 4 is 33.4 Å². The fourth-order valence-electron chi connectivity index (χ4n) is 1.53. The molecule has 0 aliphatic carbocycles. The summed E-state index contributed by atoms with van der Waals surface area (Å²) in [4.78, 5) is 16.1. The van der Waals surface area contributed by atoms with Crippen LogP contribution in [0.4, 0.5) is 5.82 Å². The number of rotatable bonds is 4. The second kappa shape index (κ2) is 5.34. The average molecular weight is 313 g/mol. The predicted molar refractivity (Wildman–Crippen MR) is 70.8 cm³/mol. The van der Waals surface area contributed by atoms with Crippen molar-refractivity contribution in [2.75, 3.05) is 18.5 Å². The Labute approximate surface area is 112 Å². The van der Waals surface area contributed by atoms with E-state index in [1.165, 1.54) is 10.7 Å². The van der Waals surface area contributed by atoms with Crippen LogP contribution in [-0.2, 0) is 4.74 Å². The highest BCUT2D eigenvalue weighted by molar-refractivity contribution is 9.10. The Morgan fingerprint density at radius 2 is 2.33 bits per heavy atom. The molecule has 2 aromatic heterocycles. The van der Waals surface area contributed by atoms with E-state index in [0.29, 0.717) is 23.6 Å². The molecule has 0 saturated carbocycles. The van der Waals surface area contributed by atoms with Gasteiger partial charge in [0.15, 0.2) is 5.65 Å². The van der Waals surface area contributed by atoms with Crippen LogP contribution in [0.25, 0.3) is 5.65 Å². The molecule has 1 N–H and O–H groups in total. The number of carbonyl (C=O) groups is 1. The first-order chi connectivity index (χ1) is 8.67. The van der Waals surface area contributed by atoms with Crippen LogP contribution in [0.2, 0.25) is 0 Å². The lowest BCUT2D eigenvalue weighted by Crippen LogP contribution is -2.07. The number of fused-ring (bicyclic) bond motifs is 1.